The number of nitrogens with one attached hydrogen (secondary N) is 1. The van der Waals surface area contributed by atoms with Crippen LogP contribution in [0, 0.1) is 0 Å². The molecule has 0 aromatic heterocycles. The summed E-state index contributed by atoms with van der Waals surface area (Å²) in [5.74, 6) is -0.534. The van der Waals surface area contributed by atoms with E-state index in [0.717, 1.165) is 83.5 Å². The van der Waals surface area contributed by atoms with Gasteiger partial charge in [0, 0.05) is 6.42 Å². The number of hydrogen-bond acceptors (Lipinski definition) is 5. The smallest absolute Gasteiger partial charge is 0.306 e. The minimum absolute atomic E-state index is 0.0442. The molecule has 0 aliphatic rings. The average molecular weight is 798 g/mol. The predicted octanol–water partition coefficient (Wildman–Crippen LogP) is 14.1. The van der Waals surface area contributed by atoms with Gasteiger partial charge in [-0.2, -0.15) is 0 Å². The van der Waals surface area contributed by atoms with Crippen molar-refractivity contribution in [3.05, 3.63) is 60.8 Å². The van der Waals surface area contributed by atoms with Crippen LogP contribution in [0.3, 0.4) is 0 Å². The minimum atomic E-state index is -0.800. The van der Waals surface area contributed by atoms with Crippen molar-refractivity contribution in [2.45, 2.75) is 244 Å². The van der Waals surface area contributed by atoms with E-state index < -0.39 is 18.2 Å². The number of amides is 1. The molecule has 0 heterocycles. The number of ether oxygens (including phenoxy) is 1. The number of allylic oxidation sites excluding steroid dienone is 10. The molecule has 0 aliphatic carbocycles. The van der Waals surface area contributed by atoms with Crippen molar-refractivity contribution in [1.29, 1.82) is 0 Å². The molecule has 57 heavy (non-hydrogen) atoms. The summed E-state index contributed by atoms with van der Waals surface area (Å²) >= 11 is 0. The largest absolute Gasteiger partial charge is 0.462 e. The Bertz CT molecular complexity index is 1030. The Morgan fingerprint density at radius 1 is 0.526 bits per heavy atom. The van der Waals surface area contributed by atoms with Crippen LogP contribution in [0.1, 0.15) is 226 Å². The van der Waals surface area contributed by atoms with Gasteiger partial charge in [-0.15, -0.1) is 0 Å². The highest BCUT2D eigenvalue weighted by atomic mass is 16.5. The standard InChI is InChI=1S/C51H91NO5/c1-4-7-10-13-16-19-22-24-26-29-32-35-38-41-44-51(56)57-47(42-39-36-33-30-28-25-23-20-17-14-11-8-5-2)45-50(55)52-48(46-53)49(54)43-40-37-34-31-27-21-18-15-12-9-6-3/h8,11,14,17,20,23,25-26,28-29,47-49,53-54H,4-7,9-10,12-13,15-16,18-19,21-22,24,27,30-46H2,1-3H3,(H,52,55)/b11-8+,17-14+,23-20+,28-25-,29-26-. The van der Waals surface area contributed by atoms with E-state index in [2.05, 4.69) is 62.5 Å². The van der Waals surface area contributed by atoms with E-state index in [4.69, 9.17) is 4.74 Å². The summed E-state index contributed by atoms with van der Waals surface area (Å²) in [4.78, 5) is 26.0. The molecule has 0 spiro atoms. The van der Waals surface area contributed by atoms with E-state index in [9.17, 15) is 19.8 Å². The van der Waals surface area contributed by atoms with Gasteiger partial charge < -0.3 is 20.3 Å². The van der Waals surface area contributed by atoms with Crippen LogP contribution in [0.2, 0.25) is 0 Å². The van der Waals surface area contributed by atoms with Crippen molar-refractivity contribution in [2.24, 2.45) is 0 Å². The van der Waals surface area contributed by atoms with Crippen molar-refractivity contribution in [1.82, 2.24) is 5.32 Å². The Labute approximate surface area is 352 Å². The summed E-state index contributed by atoms with van der Waals surface area (Å²) in [5, 5.41) is 23.7. The number of hydrogen-bond donors (Lipinski definition) is 3. The van der Waals surface area contributed by atoms with Gasteiger partial charge >= 0.3 is 5.97 Å². The zero-order chi connectivity index (χ0) is 41.7. The summed E-state index contributed by atoms with van der Waals surface area (Å²) in [5.41, 5.74) is 0. The van der Waals surface area contributed by atoms with Crippen LogP contribution < -0.4 is 5.32 Å². The summed E-state index contributed by atoms with van der Waals surface area (Å²) in [6, 6.07) is -0.717. The van der Waals surface area contributed by atoms with Crippen LogP contribution in [-0.2, 0) is 14.3 Å². The van der Waals surface area contributed by atoms with E-state index in [1.807, 2.05) is 24.3 Å². The Balaban J connectivity index is 4.68. The lowest BCUT2D eigenvalue weighted by Crippen LogP contribution is -2.46. The van der Waals surface area contributed by atoms with E-state index in [1.54, 1.807) is 0 Å². The third kappa shape index (κ3) is 40.1. The lowest BCUT2D eigenvalue weighted by atomic mass is 10.0. The summed E-state index contributed by atoms with van der Waals surface area (Å²) < 4.78 is 5.89. The van der Waals surface area contributed by atoms with Gasteiger partial charge in [-0.25, -0.2) is 0 Å². The number of rotatable bonds is 42. The summed E-state index contributed by atoms with van der Waals surface area (Å²) in [6.07, 6.45) is 54.2. The molecule has 6 nitrogen and oxygen atoms in total. The molecule has 330 valence electrons. The Hall–Kier alpha value is -2.44. The minimum Gasteiger partial charge on any atom is -0.462 e. The third-order valence-electron chi connectivity index (χ3n) is 10.7. The number of carbonyl (C=O) groups is 2. The molecular weight excluding hydrogens is 707 g/mol. The summed E-state index contributed by atoms with van der Waals surface area (Å²) in [7, 11) is 0. The van der Waals surface area contributed by atoms with Crippen LogP contribution in [-0.4, -0.2) is 46.9 Å². The Morgan fingerprint density at radius 3 is 1.51 bits per heavy atom. The van der Waals surface area contributed by atoms with Crippen molar-refractivity contribution in [3.63, 3.8) is 0 Å². The molecule has 0 aromatic rings. The first-order chi connectivity index (χ1) is 28.0. The number of aliphatic hydroxyl groups excluding tert-OH is 2. The molecule has 0 aliphatic heterocycles. The second kappa shape index (κ2) is 44.7. The highest BCUT2D eigenvalue weighted by Crippen LogP contribution is 2.17. The summed E-state index contributed by atoms with van der Waals surface area (Å²) in [6.45, 7) is 6.31. The van der Waals surface area contributed by atoms with Crippen LogP contribution in [0.5, 0.6) is 0 Å². The number of unbranched alkanes of at least 4 members (excludes halogenated alkanes) is 23. The van der Waals surface area contributed by atoms with Gasteiger partial charge in [0.2, 0.25) is 5.91 Å². The lowest BCUT2D eigenvalue weighted by molar-refractivity contribution is -0.151. The molecule has 0 bridgehead atoms. The zero-order valence-electron chi connectivity index (χ0n) is 37.5. The first kappa shape index (κ1) is 54.6. The third-order valence-corrected chi connectivity index (χ3v) is 10.7. The van der Waals surface area contributed by atoms with E-state index in [1.165, 1.54) is 96.3 Å². The SMILES string of the molecule is CC/C=C/C=C/C=C/C=C\CCCCCC(CC(=O)NC(CO)C(O)CCCCCCCCCCCCC)OC(=O)CCCCC/C=C\CCCCCCCCC. The normalized spacial score (nSPS) is 13.8. The molecule has 1 amide bonds. The quantitative estimate of drug-likeness (QED) is 0.0247. The number of aliphatic hydroxyl groups is 2. The van der Waals surface area contributed by atoms with Crippen LogP contribution in [0.25, 0.3) is 0 Å². The molecular formula is C51H91NO5. The van der Waals surface area contributed by atoms with Gasteiger partial charge in [0.05, 0.1) is 25.2 Å². The second-order valence-electron chi connectivity index (χ2n) is 16.2. The molecule has 0 saturated carbocycles. The highest BCUT2D eigenvalue weighted by molar-refractivity contribution is 5.77. The predicted molar refractivity (Wildman–Crippen MR) is 245 cm³/mol. The Morgan fingerprint density at radius 2 is 0.965 bits per heavy atom. The van der Waals surface area contributed by atoms with Crippen molar-refractivity contribution >= 4 is 11.9 Å². The molecule has 0 aromatic carbocycles. The van der Waals surface area contributed by atoms with Crippen LogP contribution in [0.4, 0.5) is 0 Å². The van der Waals surface area contributed by atoms with Gasteiger partial charge in [0.25, 0.3) is 0 Å². The van der Waals surface area contributed by atoms with E-state index in [-0.39, 0.29) is 24.9 Å². The highest BCUT2D eigenvalue weighted by Gasteiger charge is 2.24. The maximum absolute atomic E-state index is 13.1. The van der Waals surface area contributed by atoms with E-state index in [0.29, 0.717) is 19.3 Å². The monoisotopic (exact) mass is 798 g/mol. The second-order valence-corrected chi connectivity index (χ2v) is 16.2. The molecule has 0 saturated heterocycles. The molecule has 3 unspecified atom stereocenters. The number of esters is 1. The van der Waals surface area contributed by atoms with Crippen molar-refractivity contribution < 1.29 is 24.5 Å². The van der Waals surface area contributed by atoms with Crippen LogP contribution in [0.15, 0.2) is 60.8 Å². The number of carbonyl (C=O) groups excluding carboxylic acids is 2. The first-order valence-electron chi connectivity index (χ1n) is 24.1. The molecule has 0 rings (SSSR count). The average Bonchev–Trinajstić information content (AvgIpc) is 3.20. The Kier molecular flexibility index (Phi) is 42.7. The van der Waals surface area contributed by atoms with Crippen LogP contribution >= 0.6 is 0 Å². The van der Waals surface area contributed by atoms with Gasteiger partial charge in [-0.3, -0.25) is 9.59 Å². The maximum atomic E-state index is 13.1. The zero-order valence-corrected chi connectivity index (χ0v) is 37.5. The van der Waals surface area contributed by atoms with E-state index >= 15 is 0 Å². The fourth-order valence-electron chi connectivity index (χ4n) is 7.02. The lowest BCUT2D eigenvalue weighted by Gasteiger charge is -2.24. The first-order valence-corrected chi connectivity index (χ1v) is 24.1. The molecule has 0 fully saturated rings. The fraction of sp³-hybridized carbons (Fsp3) is 0.765. The van der Waals surface area contributed by atoms with Gasteiger partial charge in [0.15, 0.2) is 0 Å². The molecule has 0 radical (unpaired) electrons. The topological polar surface area (TPSA) is 95.9 Å². The van der Waals surface area contributed by atoms with Gasteiger partial charge in [-0.1, -0.05) is 204 Å². The fourth-order valence-corrected chi connectivity index (χ4v) is 7.02. The maximum Gasteiger partial charge on any atom is 0.306 e. The van der Waals surface area contributed by atoms with Crippen molar-refractivity contribution in [2.75, 3.05) is 6.61 Å². The van der Waals surface area contributed by atoms with Gasteiger partial charge in [0.1, 0.15) is 6.10 Å². The molecule has 3 N–H and O–H groups in total. The van der Waals surface area contributed by atoms with Crippen molar-refractivity contribution in [3.8, 4) is 0 Å². The molecule has 6 heteroatoms. The molecule has 3 atom stereocenters. The van der Waals surface area contributed by atoms with Gasteiger partial charge in [-0.05, 0) is 70.6 Å².